The molecule has 1 fully saturated rings. The average molecular weight is 194 g/mol. The summed E-state index contributed by atoms with van der Waals surface area (Å²) in [5, 5.41) is 0. The lowest BCUT2D eigenvalue weighted by molar-refractivity contribution is 0.0647. The van der Waals surface area contributed by atoms with Crippen LogP contribution in [-0.4, -0.2) is 23.9 Å². The molecule has 1 saturated heterocycles. The van der Waals surface area contributed by atoms with Crippen LogP contribution in [-0.2, 0) is 0 Å². The van der Waals surface area contributed by atoms with Crippen LogP contribution in [0.15, 0.2) is 18.2 Å². The molecule has 0 aliphatic carbocycles. The quantitative estimate of drug-likeness (QED) is 0.684. The molecule has 0 aromatic heterocycles. The van der Waals surface area contributed by atoms with Crippen molar-refractivity contribution in [3.8, 4) is 0 Å². The van der Waals surface area contributed by atoms with Crippen LogP contribution in [0.2, 0.25) is 0 Å². The molecule has 0 radical (unpaired) electrons. The Morgan fingerprint density at radius 2 is 2.14 bits per heavy atom. The third-order valence-corrected chi connectivity index (χ3v) is 2.37. The molecule has 74 valence electrons. The van der Waals surface area contributed by atoms with Gasteiger partial charge in [0.05, 0.1) is 5.56 Å². The van der Waals surface area contributed by atoms with E-state index in [0.717, 1.165) is 19.5 Å². The number of hydrogen-bond donors (Lipinski definition) is 1. The van der Waals surface area contributed by atoms with E-state index in [1.54, 1.807) is 4.90 Å². The van der Waals surface area contributed by atoms with Gasteiger partial charge in [-0.2, -0.15) is 0 Å². The number of nitrogen functional groups attached to an aromatic ring is 1. The Morgan fingerprint density at radius 3 is 2.64 bits per heavy atom. The second-order valence-corrected chi connectivity index (χ2v) is 3.39. The van der Waals surface area contributed by atoms with Crippen molar-refractivity contribution >= 4 is 11.6 Å². The van der Waals surface area contributed by atoms with Crippen LogP contribution in [0.25, 0.3) is 0 Å². The molecular weight excluding hydrogens is 183 g/mol. The Balaban J connectivity index is 2.26. The number of likely N-dealkylation sites (tertiary alicyclic amines) is 1. The number of carbonyl (C=O) groups is 1. The summed E-state index contributed by atoms with van der Waals surface area (Å²) in [7, 11) is 0. The minimum atomic E-state index is -0.540. The zero-order valence-corrected chi connectivity index (χ0v) is 7.66. The van der Waals surface area contributed by atoms with Gasteiger partial charge in [-0.05, 0) is 24.6 Å². The van der Waals surface area contributed by atoms with Gasteiger partial charge in [0.1, 0.15) is 5.82 Å². The molecule has 1 aromatic rings. The van der Waals surface area contributed by atoms with Crippen molar-refractivity contribution in [1.29, 1.82) is 0 Å². The first-order chi connectivity index (χ1) is 6.68. The van der Waals surface area contributed by atoms with Crippen molar-refractivity contribution in [2.45, 2.75) is 6.42 Å². The topological polar surface area (TPSA) is 46.3 Å². The summed E-state index contributed by atoms with van der Waals surface area (Å²) in [6.45, 7) is 1.45. The van der Waals surface area contributed by atoms with Gasteiger partial charge < -0.3 is 10.6 Å². The molecule has 4 heteroatoms. The molecule has 0 spiro atoms. The van der Waals surface area contributed by atoms with Gasteiger partial charge in [0.25, 0.3) is 5.91 Å². The summed E-state index contributed by atoms with van der Waals surface area (Å²) in [5.74, 6) is -0.782. The van der Waals surface area contributed by atoms with Crippen LogP contribution in [0, 0.1) is 5.82 Å². The highest BCUT2D eigenvalue weighted by molar-refractivity contribution is 5.95. The maximum atomic E-state index is 13.3. The van der Waals surface area contributed by atoms with Crippen LogP contribution in [0.3, 0.4) is 0 Å². The van der Waals surface area contributed by atoms with Crippen LogP contribution < -0.4 is 5.73 Å². The Morgan fingerprint density at radius 1 is 1.43 bits per heavy atom. The van der Waals surface area contributed by atoms with Gasteiger partial charge in [0.2, 0.25) is 0 Å². The van der Waals surface area contributed by atoms with Gasteiger partial charge in [0, 0.05) is 18.8 Å². The largest absolute Gasteiger partial charge is 0.399 e. The molecule has 1 aliphatic heterocycles. The summed E-state index contributed by atoms with van der Waals surface area (Å²) in [4.78, 5) is 13.2. The molecule has 1 aliphatic rings. The van der Waals surface area contributed by atoms with Gasteiger partial charge >= 0.3 is 0 Å². The fourth-order valence-corrected chi connectivity index (χ4v) is 1.39. The van der Waals surface area contributed by atoms with E-state index in [-0.39, 0.29) is 11.5 Å². The Bertz CT molecular complexity index is 374. The summed E-state index contributed by atoms with van der Waals surface area (Å²) >= 11 is 0. The highest BCUT2D eigenvalue weighted by atomic mass is 19.1. The second kappa shape index (κ2) is 3.29. The Hall–Kier alpha value is -1.58. The minimum absolute atomic E-state index is 0.110. The molecule has 0 atom stereocenters. The number of amides is 1. The Kier molecular flexibility index (Phi) is 2.11. The molecule has 14 heavy (non-hydrogen) atoms. The van der Waals surface area contributed by atoms with Crippen LogP contribution in [0.5, 0.6) is 0 Å². The van der Waals surface area contributed by atoms with E-state index in [1.165, 1.54) is 18.2 Å². The second-order valence-electron chi connectivity index (χ2n) is 3.39. The molecule has 1 heterocycles. The van der Waals surface area contributed by atoms with E-state index < -0.39 is 5.82 Å². The van der Waals surface area contributed by atoms with E-state index in [0.29, 0.717) is 5.69 Å². The van der Waals surface area contributed by atoms with E-state index in [9.17, 15) is 9.18 Å². The van der Waals surface area contributed by atoms with Crippen molar-refractivity contribution in [2.24, 2.45) is 0 Å². The predicted octanol–water partition coefficient (Wildman–Crippen LogP) is 1.25. The van der Waals surface area contributed by atoms with Gasteiger partial charge in [-0.3, -0.25) is 4.79 Å². The van der Waals surface area contributed by atoms with Crippen LogP contribution in [0.1, 0.15) is 16.8 Å². The van der Waals surface area contributed by atoms with Gasteiger partial charge in [0.15, 0.2) is 0 Å². The highest BCUT2D eigenvalue weighted by Gasteiger charge is 2.23. The molecule has 0 unspecified atom stereocenters. The standard InChI is InChI=1S/C10H11FN2O/c11-9-6-7(12)2-3-8(9)10(14)13-4-1-5-13/h2-3,6H,1,4-5,12H2. The molecule has 3 nitrogen and oxygen atoms in total. The van der Waals surface area contributed by atoms with Gasteiger partial charge in [-0.1, -0.05) is 0 Å². The third-order valence-electron chi connectivity index (χ3n) is 2.37. The number of hydrogen-bond acceptors (Lipinski definition) is 2. The van der Waals surface area contributed by atoms with Gasteiger partial charge in [-0.15, -0.1) is 0 Å². The summed E-state index contributed by atoms with van der Waals surface area (Å²) < 4.78 is 13.3. The lowest BCUT2D eigenvalue weighted by atomic mass is 10.1. The van der Waals surface area contributed by atoms with E-state index in [1.807, 2.05) is 0 Å². The molecular formula is C10H11FN2O. The smallest absolute Gasteiger partial charge is 0.256 e. The molecule has 1 aromatic carbocycles. The van der Waals surface area contributed by atoms with E-state index >= 15 is 0 Å². The normalized spacial score (nSPS) is 15.1. The number of nitrogens with two attached hydrogens (primary N) is 1. The zero-order chi connectivity index (χ0) is 10.1. The predicted molar refractivity (Wildman–Crippen MR) is 51.3 cm³/mol. The lowest BCUT2D eigenvalue weighted by Crippen LogP contribution is -2.42. The number of nitrogens with zero attached hydrogens (tertiary/aromatic N) is 1. The number of anilines is 1. The SMILES string of the molecule is Nc1ccc(C(=O)N2CCC2)c(F)c1. The molecule has 0 bridgehead atoms. The maximum absolute atomic E-state index is 13.3. The van der Waals surface area contributed by atoms with Crippen molar-refractivity contribution in [3.05, 3.63) is 29.6 Å². The van der Waals surface area contributed by atoms with Crippen molar-refractivity contribution in [2.75, 3.05) is 18.8 Å². The van der Waals surface area contributed by atoms with Crippen molar-refractivity contribution < 1.29 is 9.18 Å². The van der Waals surface area contributed by atoms with Crippen LogP contribution in [0.4, 0.5) is 10.1 Å². The fraction of sp³-hybridized carbons (Fsp3) is 0.300. The average Bonchev–Trinajstić information content (AvgIpc) is 2.00. The van der Waals surface area contributed by atoms with E-state index in [4.69, 9.17) is 5.73 Å². The monoisotopic (exact) mass is 194 g/mol. The van der Waals surface area contributed by atoms with Crippen LogP contribution >= 0.6 is 0 Å². The number of benzene rings is 1. The zero-order valence-electron chi connectivity index (χ0n) is 7.66. The summed E-state index contributed by atoms with van der Waals surface area (Å²) in [5.41, 5.74) is 5.83. The van der Waals surface area contributed by atoms with Crippen molar-refractivity contribution in [3.63, 3.8) is 0 Å². The molecule has 2 rings (SSSR count). The first-order valence-electron chi connectivity index (χ1n) is 4.53. The fourth-order valence-electron chi connectivity index (χ4n) is 1.39. The molecule has 1 amide bonds. The summed E-state index contributed by atoms with van der Waals surface area (Å²) in [6.07, 6.45) is 1.00. The lowest BCUT2D eigenvalue weighted by Gasteiger charge is -2.30. The van der Waals surface area contributed by atoms with Crippen molar-refractivity contribution in [1.82, 2.24) is 4.90 Å². The minimum Gasteiger partial charge on any atom is -0.399 e. The maximum Gasteiger partial charge on any atom is 0.256 e. The van der Waals surface area contributed by atoms with E-state index in [2.05, 4.69) is 0 Å². The van der Waals surface area contributed by atoms with Gasteiger partial charge in [-0.25, -0.2) is 4.39 Å². The summed E-state index contributed by atoms with van der Waals surface area (Å²) in [6, 6.07) is 4.15. The third kappa shape index (κ3) is 1.43. The first kappa shape index (κ1) is 8.99. The Labute approximate surface area is 81.3 Å². The molecule has 0 saturated carbocycles. The number of halogens is 1. The number of carbonyl (C=O) groups excluding carboxylic acids is 1. The molecule has 2 N–H and O–H groups in total. The number of rotatable bonds is 1. The first-order valence-corrected chi connectivity index (χ1v) is 4.53. The highest BCUT2D eigenvalue weighted by Crippen LogP contribution is 2.17.